The molecule has 0 atom stereocenters. The van der Waals surface area contributed by atoms with Crippen LogP contribution in [-0.4, -0.2) is 16.5 Å². The SMILES string of the molecule is Nc1ccc([N+](=O)[O-])c(N2CCc3cc[nH]c(=O)c3C2)c1. The second kappa shape index (κ2) is 4.93. The molecule has 0 aliphatic carbocycles. The molecule has 0 saturated carbocycles. The third-order valence-corrected chi connectivity index (χ3v) is 3.70. The van der Waals surface area contributed by atoms with E-state index >= 15 is 0 Å². The van der Waals surface area contributed by atoms with Crippen LogP contribution in [0.1, 0.15) is 11.1 Å². The highest BCUT2D eigenvalue weighted by Gasteiger charge is 2.24. The van der Waals surface area contributed by atoms with E-state index in [1.165, 1.54) is 12.1 Å². The molecule has 7 heteroatoms. The van der Waals surface area contributed by atoms with E-state index in [0.717, 1.165) is 5.56 Å². The fraction of sp³-hybridized carbons (Fsp3) is 0.214. The molecule has 0 amide bonds. The quantitative estimate of drug-likeness (QED) is 0.493. The van der Waals surface area contributed by atoms with Crippen molar-refractivity contribution in [3.05, 3.63) is 62.1 Å². The smallest absolute Gasteiger partial charge is 0.292 e. The average molecular weight is 286 g/mol. The molecule has 7 nitrogen and oxygen atoms in total. The Bertz CT molecular complexity index is 769. The molecule has 21 heavy (non-hydrogen) atoms. The molecule has 0 bridgehead atoms. The Kier molecular flexibility index (Phi) is 3.09. The third kappa shape index (κ3) is 2.33. The Balaban J connectivity index is 2.04. The first-order chi connectivity index (χ1) is 10.1. The predicted octanol–water partition coefficient (Wildman–Crippen LogP) is 1.43. The van der Waals surface area contributed by atoms with Crippen molar-refractivity contribution in [2.75, 3.05) is 17.2 Å². The number of nitrogens with two attached hydrogens (primary N) is 1. The third-order valence-electron chi connectivity index (χ3n) is 3.70. The van der Waals surface area contributed by atoms with Gasteiger partial charge in [0.15, 0.2) is 0 Å². The molecular formula is C14H14N4O3. The number of fused-ring (bicyclic) bond motifs is 1. The highest BCUT2D eigenvalue weighted by Crippen LogP contribution is 2.32. The molecule has 3 rings (SSSR count). The van der Waals surface area contributed by atoms with Gasteiger partial charge in [0.05, 0.1) is 4.92 Å². The van der Waals surface area contributed by atoms with Crippen molar-refractivity contribution in [3.8, 4) is 0 Å². The van der Waals surface area contributed by atoms with E-state index in [1.807, 2.05) is 11.0 Å². The summed E-state index contributed by atoms with van der Waals surface area (Å²) in [6, 6.07) is 6.36. The van der Waals surface area contributed by atoms with Gasteiger partial charge in [-0.3, -0.25) is 14.9 Å². The maximum absolute atomic E-state index is 11.9. The molecule has 2 aromatic rings. The Hall–Kier alpha value is -2.83. The number of nitrogen functional groups attached to an aromatic ring is 1. The normalized spacial score (nSPS) is 13.8. The van der Waals surface area contributed by atoms with Crippen LogP contribution in [0, 0.1) is 10.1 Å². The number of nitro benzene ring substituents is 1. The summed E-state index contributed by atoms with van der Waals surface area (Å²) in [5, 5.41) is 11.2. The summed E-state index contributed by atoms with van der Waals surface area (Å²) < 4.78 is 0. The fourth-order valence-electron chi connectivity index (χ4n) is 2.64. The lowest BCUT2D eigenvalue weighted by molar-refractivity contribution is -0.384. The van der Waals surface area contributed by atoms with Gasteiger partial charge in [-0.2, -0.15) is 0 Å². The zero-order valence-corrected chi connectivity index (χ0v) is 11.2. The van der Waals surface area contributed by atoms with Crippen molar-refractivity contribution < 1.29 is 4.92 Å². The van der Waals surface area contributed by atoms with E-state index in [1.54, 1.807) is 12.3 Å². The van der Waals surface area contributed by atoms with Gasteiger partial charge in [0, 0.05) is 36.6 Å². The van der Waals surface area contributed by atoms with Gasteiger partial charge in [-0.05, 0) is 30.2 Å². The largest absolute Gasteiger partial charge is 0.399 e. The van der Waals surface area contributed by atoms with Gasteiger partial charge in [-0.1, -0.05) is 0 Å². The number of nitro groups is 1. The summed E-state index contributed by atoms with van der Waals surface area (Å²) in [6.45, 7) is 0.955. The number of pyridine rings is 1. The molecule has 0 fully saturated rings. The van der Waals surface area contributed by atoms with E-state index in [4.69, 9.17) is 5.73 Å². The summed E-state index contributed by atoms with van der Waals surface area (Å²) in [5.41, 5.74) is 8.15. The fourth-order valence-corrected chi connectivity index (χ4v) is 2.64. The number of hydrogen-bond donors (Lipinski definition) is 2. The van der Waals surface area contributed by atoms with Gasteiger partial charge < -0.3 is 15.6 Å². The lowest BCUT2D eigenvalue weighted by atomic mass is 10.0. The molecule has 3 N–H and O–H groups in total. The van der Waals surface area contributed by atoms with Gasteiger partial charge in [0.2, 0.25) is 0 Å². The van der Waals surface area contributed by atoms with Crippen molar-refractivity contribution in [1.82, 2.24) is 4.98 Å². The van der Waals surface area contributed by atoms with Crippen molar-refractivity contribution in [2.45, 2.75) is 13.0 Å². The summed E-state index contributed by atoms with van der Waals surface area (Å²) in [7, 11) is 0. The first-order valence-corrected chi connectivity index (χ1v) is 6.54. The molecule has 0 unspecified atom stereocenters. The standard InChI is InChI=1S/C14H14N4O3/c15-10-1-2-12(18(20)21)13(7-10)17-6-4-9-3-5-16-14(19)11(9)8-17/h1-3,5,7H,4,6,8,15H2,(H,16,19). The Morgan fingerprint density at radius 1 is 1.33 bits per heavy atom. The highest BCUT2D eigenvalue weighted by atomic mass is 16.6. The first kappa shape index (κ1) is 13.2. The van der Waals surface area contributed by atoms with Crippen molar-refractivity contribution in [2.24, 2.45) is 0 Å². The van der Waals surface area contributed by atoms with Crippen LogP contribution in [0.5, 0.6) is 0 Å². The zero-order chi connectivity index (χ0) is 15.0. The summed E-state index contributed by atoms with van der Waals surface area (Å²) in [5.74, 6) is 0. The van der Waals surface area contributed by atoms with Gasteiger partial charge in [-0.25, -0.2) is 0 Å². The molecule has 108 valence electrons. The highest BCUT2D eigenvalue weighted by molar-refractivity contribution is 5.69. The number of benzene rings is 1. The van der Waals surface area contributed by atoms with Crippen molar-refractivity contribution in [3.63, 3.8) is 0 Å². The number of nitrogens with zero attached hydrogens (tertiary/aromatic N) is 2. The molecule has 2 heterocycles. The maximum Gasteiger partial charge on any atom is 0.292 e. The lowest BCUT2D eigenvalue weighted by Gasteiger charge is -2.29. The van der Waals surface area contributed by atoms with Crippen LogP contribution in [-0.2, 0) is 13.0 Å². The molecular weight excluding hydrogens is 272 g/mol. The lowest BCUT2D eigenvalue weighted by Crippen LogP contribution is -2.35. The zero-order valence-electron chi connectivity index (χ0n) is 11.2. The molecule has 0 spiro atoms. The van der Waals surface area contributed by atoms with Crippen LogP contribution in [0.25, 0.3) is 0 Å². The summed E-state index contributed by atoms with van der Waals surface area (Å²) in [6.07, 6.45) is 2.30. The van der Waals surface area contributed by atoms with Crippen LogP contribution in [0.4, 0.5) is 17.1 Å². The van der Waals surface area contributed by atoms with Crippen LogP contribution in [0.3, 0.4) is 0 Å². The number of aromatic amines is 1. The number of nitrogens with one attached hydrogen (secondary N) is 1. The second-order valence-electron chi connectivity index (χ2n) is 4.99. The number of anilines is 2. The Labute approximate surface area is 120 Å². The van der Waals surface area contributed by atoms with Crippen LogP contribution >= 0.6 is 0 Å². The second-order valence-corrected chi connectivity index (χ2v) is 4.99. The molecule has 1 aromatic heterocycles. The topological polar surface area (TPSA) is 105 Å². The summed E-state index contributed by atoms with van der Waals surface area (Å²) >= 11 is 0. The molecule has 1 aromatic carbocycles. The maximum atomic E-state index is 11.9. The van der Waals surface area contributed by atoms with Gasteiger partial charge in [0.1, 0.15) is 5.69 Å². The minimum Gasteiger partial charge on any atom is -0.399 e. The van der Waals surface area contributed by atoms with Crippen molar-refractivity contribution >= 4 is 17.1 Å². The van der Waals surface area contributed by atoms with Crippen LogP contribution in [0.2, 0.25) is 0 Å². The van der Waals surface area contributed by atoms with E-state index in [-0.39, 0.29) is 11.2 Å². The monoisotopic (exact) mass is 286 g/mol. The van der Waals surface area contributed by atoms with Gasteiger partial charge in [-0.15, -0.1) is 0 Å². The van der Waals surface area contributed by atoms with E-state index in [9.17, 15) is 14.9 Å². The van der Waals surface area contributed by atoms with E-state index in [0.29, 0.717) is 36.4 Å². The van der Waals surface area contributed by atoms with Crippen LogP contribution < -0.4 is 16.2 Å². The molecule has 1 aliphatic rings. The predicted molar refractivity (Wildman–Crippen MR) is 79.3 cm³/mol. The van der Waals surface area contributed by atoms with Gasteiger partial charge >= 0.3 is 0 Å². The molecule has 0 saturated heterocycles. The van der Waals surface area contributed by atoms with Gasteiger partial charge in [0.25, 0.3) is 11.2 Å². The molecule has 0 radical (unpaired) electrons. The van der Waals surface area contributed by atoms with E-state index < -0.39 is 4.92 Å². The Morgan fingerprint density at radius 3 is 2.90 bits per heavy atom. The number of hydrogen-bond acceptors (Lipinski definition) is 5. The van der Waals surface area contributed by atoms with E-state index in [2.05, 4.69) is 4.98 Å². The Morgan fingerprint density at radius 2 is 2.14 bits per heavy atom. The van der Waals surface area contributed by atoms with Crippen molar-refractivity contribution in [1.29, 1.82) is 0 Å². The molecule has 1 aliphatic heterocycles. The minimum atomic E-state index is -0.431. The first-order valence-electron chi connectivity index (χ1n) is 6.54. The average Bonchev–Trinajstić information content (AvgIpc) is 2.47. The number of H-pyrrole nitrogens is 1. The minimum absolute atomic E-state index is 0.00000898. The number of rotatable bonds is 2. The number of aromatic nitrogens is 1. The van der Waals surface area contributed by atoms with Crippen LogP contribution in [0.15, 0.2) is 35.3 Å². The summed E-state index contributed by atoms with van der Waals surface area (Å²) in [4.78, 5) is 27.1.